The van der Waals surface area contributed by atoms with Crippen LogP contribution in [0.5, 0.6) is 0 Å². The van der Waals surface area contributed by atoms with Gasteiger partial charge >= 0.3 is 5.97 Å². The van der Waals surface area contributed by atoms with Gasteiger partial charge in [-0.3, -0.25) is 14.4 Å². The number of aromatic nitrogens is 1. The monoisotopic (exact) mass is 417 g/mol. The third kappa shape index (κ3) is 6.26. The average molecular weight is 417 g/mol. The number of nitrogens with one attached hydrogen (secondary N) is 2. The summed E-state index contributed by atoms with van der Waals surface area (Å²) in [5.74, 6) is -2.48. The summed E-state index contributed by atoms with van der Waals surface area (Å²) in [5.41, 5.74) is 0.0336. The van der Waals surface area contributed by atoms with Gasteiger partial charge in [-0.2, -0.15) is 0 Å². The molecule has 0 radical (unpaired) electrons. The number of ether oxygens (including phenoxy) is 1. The summed E-state index contributed by atoms with van der Waals surface area (Å²) in [6.07, 6.45) is 1.38. The molecule has 0 unspecified atom stereocenters. The van der Waals surface area contributed by atoms with Crippen molar-refractivity contribution in [2.45, 2.75) is 33.2 Å². The second-order valence-electron chi connectivity index (χ2n) is 7.64. The van der Waals surface area contributed by atoms with Crippen LogP contribution in [0.15, 0.2) is 36.5 Å². The Morgan fingerprint density at radius 3 is 2.30 bits per heavy atom. The van der Waals surface area contributed by atoms with Crippen LogP contribution in [0, 0.1) is 5.82 Å². The Bertz CT molecular complexity index is 944. The molecule has 2 amide bonds. The number of hydrogen-bond acceptors (Lipinski definition) is 5. The van der Waals surface area contributed by atoms with Gasteiger partial charge in [0.1, 0.15) is 18.1 Å². The third-order valence-corrected chi connectivity index (χ3v) is 4.18. The largest absolute Gasteiger partial charge is 0.451 e. The van der Waals surface area contributed by atoms with Crippen molar-refractivity contribution in [2.24, 2.45) is 0 Å². The number of rotatable bonds is 7. The second-order valence-corrected chi connectivity index (χ2v) is 7.64. The molecule has 8 nitrogen and oxygen atoms in total. The Morgan fingerprint density at radius 1 is 1.13 bits per heavy atom. The summed E-state index contributed by atoms with van der Waals surface area (Å²) in [5, 5.41) is 2.59. The standard InChI is InChI=1S/C21H24FN3O5/c1-13(26)14-9-17(23-10-14)20(29)30-12-19(28)25(21(2,3)4)11-18(27)24-16-7-5-15(22)6-8-16/h5-10,23H,11-12H2,1-4H3,(H,24,27). The zero-order valence-electron chi connectivity index (χ0n) is 17.2. The molecule has 0 saturated carbocycles. The number of benzene rings is 1. The van der Waals surface area contributed by atoms with E-state index >= 15 is 0 Å². The molecular weight excluding hydrogens is 393 g/mol. The van der Waals surface area contributed by atoms with E-state index in [1.807, 2.05) is 0 Å². The molecule has 2 N–H and O–H groups in total. The van der Waals surface area contributed by atoms with Crippen LogP contribution in [0.4, 0.5) is 10.1 Å². The topological polar surface area (TPSA) is 109 Å². The minimum Gasteiger partial charge on any atom is -0.451 e. The lowest BCUT2D eigenvalue weighted by atomic mass is 10.1. The first-order valence-corrected chi connectivity index (χ1v) is 9.19. The number of Topliss-reactive ketones (excluding diaryl/α,β-unsaturated/α-hetero) is 1. The first kappa shape index (κ1) is 22.8. The number of amides is 2. The summed E-state index contributed by atoms with van der Waals surface area (Å²) in [7, 11) is 0. The molecule has 0 atom stereocenters. The van der Waals surface area contributed by atoms with Crippen molar-refractivity contribution < 1.29 is 28.3 Å². The molecule has 9 heteroatoms. The minimum atomic E-state index is -0.791. The van der Waals surface area contributed by atoms with Gasteiger partial charge in [0, 0.05) is 23.0 Å². The molecule has 0 bridgehead atoms. The van der Waals surface area contributed by atoms with Gasteiger partial charge in [0.25, 0.3) is 5.91 Å². The summed E-state index contributed by atoms with van der Waals surface area (Å²) in [6, 6.07) is 6.57. The number of nitrogens with zero attached hydrogens (tertiary/aromatic N) is 1. The van der Waals surface area contributed by atoms with Crippen molar-refractivity contribution in [3.8, 4) is 0 Å². The second kappa shape index (κ2) is 9.34. The van der Waals surface area contributed by atoms with Crippen molar-refractivity contribution in [1.29, 1.82) is 0 Å². The lowest BCUT2D eigenvalue weighted by Crippen LogP contribution is -2.50. The molecule has 1 aromatic heterocycles. The number of halogens is 1. The van der Waals surface area contributed by atoms with Crippen LogP contribution in [0.2, 0.25) is 0 Å². The summed E-state index contributed by atoms with van der Waals surface area (Å²) < 4.78 is 18.0. The molecule has 160 valence electrons. The predicted molar refractivity (Wildman–Crippen MR) is 108 cm³/mol. The highest BCUT2D eigenvalue weighted by Gasteiger charge is 2.29. The van der Waals surface area contributed by atoms with Crippen LogP contribution in [-0.2, 0) is 14.3 Å². The molecule has 0 aliphatic rings. The van der Waals surface area contributed by atoms with E-state index in [2.05, 4.69) is 10.3 Å². The number of carbonyl (C=O) groups excluding carboxylic acids is 4. The maximum Gasteiger partial charge on any atom is 0.355 e. The smallest absolute Gasteiger partial charge is 0.355 e. The number of aromatic amines is 1. The fraction of sp³-hybridized carbons (Fsp3) is 0.333. The number of anilines is 1. The van der Waals surface area contributed by atoms with E-state index in [0.29, 0.717) is 11.3 Å². The van der Waals surface area contributed by atoms with Gasteiger partial charge in [-0.25, -0.2) is 9.18 Å². The van der Waals surface area contributed by atoms with Gasteiger partial charge in [-0.1, -0.05) is 0 Å². The molecule has 0 saturated heterocycles. The number of carbonyl (C=O) groups is 4. The van der Waals surface area contributed by atoms with E-state index < -0.39 is 35.7 Å². The fourth-order valence-electron chi connectivity index (χ4n) is 2.58. The van der Waals surface area contributed by atoms with Gasteiger partial charge in [0.15, 0.2) is 12.4 Å². The van der Waals surface area contributed by atoms with Crippen LogP contribution in [0.25, 0.3) is 0 Å². The SMILES string of the molecule is CC(=O)c1c[nH]c(C(=O)OCC(=O)N(CC(=O)Nc2ccc(F)cc2)C(C)(C)C)c1. The Hall–Kier alpha value is -3.49. The molecule has 0 spiro atoms. The summed E-state index contributed by atoms with van der Waals surface area (Å²) in [6.45, 7) is 5.72. The van der Waals surface area contributed by atoms with Crippen LogP contribution in [0.1, 0.15) is 48.5 Å². The van der Waals surface area contributed by atoms with Crippen LogP contribution >= 0.6 is 0 Å². The van der Waals surface area contributed by atoms with E-state index in [1.54, 1.807) is 20.8 Å². The number of ketones is 1. The number of hydrogen-bond donors (Lipinski definition) is 2. The lowest BCUT2D eigenvalue weighted by Gasteiger charge is -2.35. The highest BCUT2D eigenvalue weighted by Crippen LogP contribution is 2.15. The lowest BCUT2D eigenvalue weighted by molar-refractivity contribution is -0.142. The van der Waals surface area contributed by atoms with Crippen molar-refractivity contribution in [3.63, 3.8) is 0 Å². The Labute approximate surface area is 173 Å². The molecule has 2 rings (SSSR count). The van der Waals surface area contributed by atoms with Gasteiger partial charge in [-0.05, 0) is 58.0 Å². The predicted octanol–water partition coefficient (Wildman–Crippen LogP) is 2.78. The highest BCUT2D eigenvalue weighted by atomic mass is 19.1. The molecule has 30 heavy (non-hydrogen) atoms. The van der Waals surface area contributed by atoms with Gasteiger partial charge < -0.3 is 19.9 Å². The Kier molecular flexibility index (Phi) is 7.10. The maximum absolute atomic E-state index is 13.0. The van der Waals surface area contributed by atoms with Gasteiger partial charge in [-0.15, -0.1) is 0 Å². The van der Waals surface area contributed by atoms with E-state index in [1.165, 1.54) is 48.4 Å². The average Bonchev–Trinajstić information content (AvgIpc) is 3.15. The number of H-pyrrole nitrogens is 1. The van der Waals surface area contributed by atoms with Crippen LogP contribution < -0.4 is 5.32 Å². The molecule has 1 aromatic carbocycles. The third-order valence-electron chi connectivity index (χ3n) is 4.18. The Balaban J connectivity index is 1.98. The van der Waals surface area contributed by atoms with E-state index in [4.69, 9.17) is 4.74 Å². The zero-order chi connectivity index (χ0) is 22.5. The molecule has 2 aromatic rings. The highest BCUT2D eigenvalue weighted by molar-refractivity contribution is 5.98. The fourth-order valence-corrected chi connectivity index (χ4v) is 2.58. The van der Waals surface area contributed by atoms with Crippen molar-refractivity contribution >= 4 is 29.3 Å². The van der Waals surface area contributed by atoms with Crippen molar-refractivity contribution in [2.75, 3.05) is 18.5 Å². The van der Waals surface area contributed by atoms with Gasteiger partial charge in [0.05, 0.1) is 0 Å². The molecule has 0 aliphatic heterocycles. The first-order chi connectivity index (χ1) is 14.0. The van der Waals surface area contributed by atoms with E-state index in [0.717, 1.165) is 0 Å². The molecule has 1 heterocycles. The normalized spacial score (nSPS) is 11.0. The zero-order valence-corrected chi connectivity index (χ0v) is 17.2. The van der Waals surface area contributed by atoms with Crippen molar-refractivity contribution in [1.82, 2.24) is 9.88 Å². The van der Waals surface area contributed by atoms with Crippen LogP contribution in [-0.4, -0.2) is 52.1 Å². The van der Waals surface area contributed by atoms with E-state index in [-0.39, 0.29) is 18.0 Å². The van der Waals surface area contributed by atoms with Gasteiger partial charge in [0.2, 0.25) is 5.91 Å². The molecule has 0 aliphatic carbocycles. The molecular formula is C21H24FN3O5. The minimum absolute atomic E-state index is 0.0457. The van der Waals surface area contributed by atoms with Crippen molar-refractivity contribution in [3.05, 3.63) is 53.6 Å². The Morgan fingerprint density at radius 2 is 1.77 bits per heavy atom. The molecule has 0 fully saturated rings. The van der Waals surface area contributed by atoms with E-state index in [9.17, 15) is 23.6 Å². The maximum atomic E-state index is 13.0. The summed E-state index contributed by atoms with van der Waals surface area (Å²) in [4.78, 5) is 52.3. The summed E-state index contributed by atoms with van der Waals surface area (Å²) >= 11 is 0. The quantitative estimate of drug-likeness (QED) is 0.532. The van der Waals surface area contributed by atoms with Crippen LogP contribution in [0.3, 0.4) is 0 Å². The number of esters is 1. The first-order valence-electron chi connectivity index (χ1n) is 9.19.